The molecule has 1 fully saturated rings. The van der Waals surface area contributed by atoms with Crippen LogP contribution in [-0.2, 0) is 13.1 Å². The van der Waals surface area contributed by atoms with Gasteiger partial charge in [-0.3, -0.25) is 0 Å². The summed E-state index contributed by atoms with van der Waals surface area (Å²) in [5.74, 6) is 0.956. The minimum Gasteiger partial charge on any atom is -0.496 e. The summed E-state index contributed by atoms with van der Waals surface area (Å²) in [4.78, 5) is 0. The van der Waals surface area contributed by atoms with Gasteiger partial charge in [0.15, 0.2) is 0 Å². The van der Waals surface area contributed by atoms with Crippen LogP contribution in [-0.4, -0.2) is 17.7 Å². The lowest BCUT2D eigenvalue weighted by Crippen LogP contribution is -2.18. The number of para-hydroxylation sites is 1. The van der Waals surface area contributed by atoms with Gasteiger partial charge >= 0.3 is 0 Å². The van der Waals surface area contributed by atoms with Crippen molar-refractivity contribution in [2.45, 2.75) is 32.0 Å². The normalized spacial score (nSPS) is 14.6. The van der Waals surface area contributed by atoms with E-state index in [1.54, 1.807) is 7.11 Å². The first-order valence-corrected chi connectivity index (χ1v) is 6.86. The van der Waals surface area contributed by atoms with Crippen LogP contribution in [0.2, 0.25) is 0 Å². The van der Waals surface area contributed by atoms with Gasteiger partial charge in [-0.05, 0) is 31.0 Å². The molecule has 0 atom stereocenters. The Bertz CT molecular complexity index is 543. The molecular formula is C16H20N2O. The van der Waals surface area contributed by atoms with E-state index in [2.05, 4.69) is 40.3 Å². The maximum absolute atomic E-state index is 5.41. The molecule has 0 aliphatic heterocycles. The van der Waals surface area contributed by atoms with E-state index in [9.17, 15) is 0 Å². The van der Waals surface area contributed by atoms with Gasteiger partial charge in [0.1, 0.15) is 5.75 Å². The SMILES string of the molecule is COc1ccccc1Cn1cccc1CNC1CC1. The van der Waals surface area contributed by atoms with Crippen LogP contribution >= 0.6 is 0 Å². The van der Waals surface area contributed by atoms with Gasteiger partial charge < -0.3 is 14.6 Å². The second-order valence-corrected chi connectivity index (χ2v) is 5.09. The fraction of sp³-hybridized carbons (Fsp3) is 0.375. The molecule has 0 amide bonds. The molecule has 3 nitrogen and oxygen atoms in total. The summed E-state index contributed by atoms with van der Waals surface area (Å²) in [6.07, 6.45) is 4.79. The summed E-state index contributed by atoms with van der Waals surface area (Å²) in [5.41, 5.74) is 2.55. The van der Waals surface area contributed by atoms with E-state index in [0.717, 1.165) is 24.9 Å². The zero-order valence-electron chi connectivity index (χ0n) is 11.3. The minimum atomic E-state index is 0.745. The summed E-state index contributed by atoms with van der Waals surface area (Å²) in [7, 11) is 1.73. The molecule has 1 aliphatic carbocycles. The summed E-state index contributed by atoms with van der Waals surface area (Å²) in [6, 6.07) is 13.2. The number of methoxy groups -OCH3 is 1. The molecule has 1 aromatic carbocycles. The molecule has 1 saturated carbocycles. The summed E-state index contributed by atoms with van der Waals surface area (Å²) >= 11 is 0. The number of rotatable bonds is 6. The van der Waals surface area contributed by atoms with Crippen LogP contribution in [0.1, 0.15) is 24.1 Å². The van der Waals surface area contributed by atoms with Gasteiger partial charge in [0.05, 0.1) is 13.7 Å². The van der Waals surface area contributed by atoms with Crippen molar-refractivity contribution in [2.75, 3.05) is 7.11 Å². The highest BCUT2D eigenvalue weighted by molar-refractivity contribution is 5.33. The van der Waals surface area contributed by atoms with Gasteiger partial charge in [0, 0.05) is 30.0 Å². The summed E-state index contributed by atoms with van der Waals surface area (Å²) in [5, 5.41) is 3.56. The van der Waals surface area contributed by atoms with E-state index in [-0.39, 0.29) is 0 Å². The van der Waals surface area contributed by atoms with Gasteiger partial charge in [-0.2, -0.15) is 0 Å². The Morgan fingerprint density at radius 3 is 2.84 bits per heavy atom. The number of hydrogen-bond donors (Lipinski definition) is 1. The number of nitrogens with one attached hydrogen (secondary N) is 1. The Labute approximate surface area is 114 Å². The highest BCUT2D eigenvalue weighted by Crippen LogP contribution is 2.21. The van der Waals surface area contributed by atoms with Crippen molar-refractivity contribution in [3.63, 3.8) is 0 Å². The van der Waals surface area contributed by atoms with Crippen molar-refractivity contribution < 1.29 is 4.74 Å². The Kier molecular flexibility index (Phi) is 3.56. The van der Waals surface area contributed by atoms with Crippen LogP contribution in [0.4, 0.5) is 0 Å². The molecule has 0 spiro atoms. The maximum atomic E-state index is 5.41. The van der Waals surface area contributed by atoms with Crippen LogP contribution in [0.25, 0.3) is 0 Å². The summed E-state index contributed by atoms with van der Waals surface area (Å²) in [6.45, 7) is 1.81. The Balaban J connectivity index is 1.73. The molecule has 1 aromatic heterocycles. The highest BCUT2D eigenvalue weighted by Gasteiger charge is 2.20. The van der Waals surface area contributed by atoms with E-state index >= 15 is 0 Å². The van der Waals surface area contributed by atoms with Crippen molar-refractivity contribution in [3.05, 3.63) is 53.9 Å². The number of ether oxygens (including phenoxy) is 1. The molecule has 3 rings (SSSR count). The highest BCUT2D eigenvalue weighted by atomic mass is 16.5. The zero-order chi connectivity index (χ0) is 13.1. The fourth-order valence-electron chi connectivity index (χ4n) is 2.32. The Hall–Kier alpha value is -1.74. The van der Waals surface area contributed by atoms with Gasteiger partial charge in [-0.1, -0.05) is 18.2 Å². The topological polar surface area (TPSA) is 26.2 Å². The molecule has 3 heteroatoms. The predicted octanol–water partition coefficient (Wildman–Crippen LogP) is 2.80. The van der Waals surface area contributed by atoms with Gasteiger partial charge in [0.2, 0.25) is 0 Å². The fourth-order valence-corrected chi connectivity index (χ4v) is 2.32. The summed E-state index contributed by atoms with van der Waals surface area (Å²) < 4.78 is 7.70. The molecular weight excluding hydrogens is 236 g/mol. The smallest absolute Gasteiger partial charge is 0.123 e. The van der Waals surface area contributed by atoms with Crippen LogP contribution < -0.4 is 10.1 Å². The van der Waals surface area contributed by atoms with Crippen molar-refractivity contribution >= 4 is 0 Å². The molecule has 1 heterocycles. The van der Waals surface area contributed by atoms with Crippen LogP contribution in [0.5, 0.6) is 5.75 Å². The van der Waals surface area contributed by atoms with Crippen molar-refractivity contribution in [1.29, 1.82) is 0 Å². The van der Waals surface area contributed by atoms with Crippen LogP contribution in [0.3, 0.4) is 0 Å². The minimum absolute atomic E-state index is 0.745. The largest absolute Gasteiger partial charge is 0.496 e. The molecule has 2 aromatic rings. The number of hydrogen-bond acceptors (Lipinski definition) is 2. The lowest BCUT2D eigenvalue weighted by Gasteiger charge is -2.12. The van der Waals surface area contributed by atoms with Crippen LogP contribution in [0.15, 0.2) is 42.6 Å². The standard InChI is InChI=1S/C16H20N2O/c1-19-16-7-3-2-5-13(16)12-18-10-4-6-15(18)11-17-14-8-9-14/h2-7,10,14,17H,8-9,11-12H2,1H3. The second kappa shape index (κ2) is 5.49. The lowest BCUT2D eigenvalue weighted by molar-refractivity contribution is 0.408. The molecule has 100 valence electrons. The van der Waals surface area contributed by atoms with Gasteiger partial charge in [0.25, 0.3) is 0 Å². The monoisotopic (exact) mass is 256 g/mol. The molecule has 0 bridgehead atoms. The number of aromatic nitrogens is 1. The van der Waals surface area contributed by atoms with Crippen molar-refractivity contribution in [2.24, 2.45) is 0 Å². The molecule has 0 saturated heterocycles. The van der Waals surface area contributed by atoms with Gasteiger partial charge in [-0.25, -0.2) is 0 Å². The van der Waals surface area contributed by atoms with Crippen molar-refractivity contribution in [1.82, 2.24) is 9.88 Å². The number of benzene rings is 1. The lowest BCUT2D eigenvalue weighted by atomic mass is 10.2. The first-order chi connectivity index (χ1) is 9.36. The average molecular weight is 256 g/mol. The molecule has 0 radical (unpaired) electrons. The quantitative estimate of drug-likeness (QED) is 0.860. The third-order valence-corrected chi connectivity index (χ3v) is 3.61. The predicted molar refractivity (Wildman–Crippen MR) is 76.4 cm³/mol. The third kappa shape index (κ3) is 2.99. The molecule has 19 heavy (non-hydrogen) atoms. The van der Waals surface area contributed by atoms with Gasteiger partial charge in [-0.15, -0.1) is 0 Å². The van der Waals surface area contributed by atoms with E-state index < -0.39 is 0 Å². The van der Waals surface area contributed by atoms with E-state index in [1.807, 2.05) is 12.1 Å². The Morgan fingerprint density at radius 2 is 2.05 bits per heavy atom. The average Bonchev–Trinajstić information content (AvgIpc) is 3.17. The number of nitrogens with zero attached hydrogens (tertiary/aromatic N) is 1. The maximum Gasteiger partial charge on any atom is 0.123 e. The van der Waals surface area contributed by atoms with Crippen LogP contribution in [0, 0.1) is 0 Å². The third-order valence-electron chi connectivity index (χ3n) is 3.61. The van der Waals surface area contributed by atoms with E-state index in [4.69, 9.17) is 4.74 Å². The van der Waals surface area contributed by atoms with Crippen molar-refractivity contribution in [3.8, 4) is 5.75 Å². The molecule has 1 N–H and O–H groups in total. The molecule has 0 unspecified atom stereocenters. The van der Waals surface area contributed by atoms with E-state index in [0.29, 0.717) is 0 Å². The Morgan fingerprint density at radius 1 is 1.21 bits per heavy atom. The zero-order valence-corrected chi connectivity index (χ0v) is 11.3. The molecule has 1 aliphatic rings. The van der Waals surface area contributed by atoms with E-state index in [1.165, 1.54) is 24.1 Å². The first-order valence-electron chi connectivity index (χ1n) is 6.86. The second-order valence-electron chi connectivity index (χ2n) is 5.09. The first kappa shape index (κ1) is 12.3.